The molecule has 2 aromatic heterocycles. The van der Waals surface area contributed by atoms with E-state index in [2.05, 4.69) is 32.3 Å². The van der Waals surface area contributed by atoms with Gasteiger partial charge in [0.05, 0.1) is 19.9 Å². The summed E-state index contributed by atoms with van der Waals surface area (Å²) in [5, 5.41) is 13.1. The maximum Gasteiger partial charge on any atom is 0.175 e. The molecule has 0 bridgehead atoms. The zero-order valence-corrected chi connectivity index (χ0v) is 15.1. The SMILES string of the molecule is COc1cc2c(cc1OC)CN(c1ccc(-n3ccc(C)n3)nn1)CC2. The molecular formula is C19H21N5O2. The number of ether oxygens (including phenoxy) is 2. The van der Waals surface area contributed by atoms with Crippen LogP contribution in [-0.4, -0.2) is 40.7 Å². The molecule has 7 heteroatoms. The lowest BCUT2D eigenvalue weighted by molar-refractivity contribution is 0.353. The van der Waals surface area contributed by atoms with E-state index in [1.807, 2.05) is 31.3 Å². The van der Waals surface area contributed by atoms with Crippen LogP contribution >= 0.6 is 0 Å². The van der Waals surface area contributed by atoms with Crippen molar-refractivity contribution in [3.05, 3.63) is 53.3 Å². The van der Waals surface area contributed by atoms with Crippen LogP contribution in [0.3, 0.4) is 0 Å². The molecule has 26 heavy (non-hydrogen) atoms. The number of methoxy groups -OCH3 is 2. The van der Waals surface area contributed by atoms with Crippen molar-refractivity contribution in [1.29, 1.82) is 0 Å². The van der Waals surface area contributed by atoms with Gasteiger partial charge in [-0.2, -0.15) is 5.10 Å². The van der Waals surface area contributed by atoms with E-state index in [4.69, 9.17) is 9.47 Å². The smallest absolute Gasteiger partial charge is 0.175 e. The maximum atomic E-state index is 5.43. The first-order valence-electron chi connectivity index (χ1n) is 8.53. The van der Waals surface area contributed by atoms with Gasteiger partial charge in [-0.05, 0) is 54.8 Å². The summed E-state index contributed by atoms with van der Waals surface area (Å²) in [6, 6.07) is 10.00. The standard InChI is InChI=1S/C19H21N5O2/c1-13-6-9-24(22-13)19-5-4-18(20-21-19)23-8-7-14-10-16(25-2)17(26-3)11-15(14)12-23/h4-6,9-11H,7-8,12H2,1-3H3. The lowest BCUT2D eigenvalue weighted by atomic mass is 9.99. The first kappa shape index (κ1) is 16.4. The van der Waals surface area contributed by atoms with Crippen molar-refractivity contribution in [3.8, 4) is 17.3 Å². The zero-order chi connectivity index (χ0) is 18.1. The third-order valence-corrected chi connectivity index (χ3v) is 4.64. The highest BCUT2D eigenvalue weighted by molar-refractivity contribution is 5.51. The van der Waals surface area contributed by atoms with Crippen molar-refractivity contribution in [2.75, 3.05) is 25.7 Å². The summed E-state index contributed by atoms with van der Waals surface area (Å²) in [4.78, 5) is 2.22. The Balaban J connectivity index is 1.57. The number of aromatic nitrogens is 4. The average Bonchev–Trinajstić information content (AvgIpc) is 3.13. The summed E-state index contributed by atoms with van der Waals surface area (Å²) >= 11 is 0. The molecule has 3 aromatic rings. The van der Waals surface area contributed by atoms with Gasteiger partial charge in [0.2, 0.25) is 0 Å². The summed E-state index contributed by atoms with van der Waals surface area (Å²) in [6.45, 7) is 3.61. The van der Waals surface area contributed by atoms with Crippen LogP contribution in [0.4, 0.5) is 5.82 Å². The van der Waals surface area contributed by atoms with Crippen LogP contribution < -0.4 is 14.4 Å². The molecule has 0 N–H and O–H groups in total. The van der Waals surface area contributed by atoms with E-state index in [0.29, 0.717) is 5.82 Å². The first-order valence-corrected chi connectivity index (χ1v) is 8.53. The normalized spacial score (nSPS) is 13.4. The Morgan fingerprint density at radius 2 is 1.62 bits per heavy atom. The summed E-state index contributed by atoms with van der Waals surface area (Å²) in [6.07, 6.45) is 2.81. The molecule has 0 aliphatic carbocycles. The Kier molecular flexibility index (Phi) is 4.20. The number of anilines is 1. The monoisotopic (exact) mass is 351 g/mol. The van der Waals surface area contributed by atoms with Gasteiger partial charge in [-0.15, -0.1) is 10.2 Å². The molecule has 134 valence electrons. The van der Waals surface area contributed by atoms with E-state index in [1.165, 1.54) is 11.1 Å². The molecule has 0 amide bonds. The lowest BCUT2D eigenvalue weighted by Crippen LogP contribution is -2.31. The molecule has 0 unspecified atom stereocenters. The van der Waals surface area contributed by atoms with Gasteiger partial charge in [0.15, 0.2) is 23.1 Å². The van der Waals surface area contributed by atoms with Crippen LogP contribution in [0.25, 0.3) is 5.82 Å². The molecule has 0 atom stereocenters. The molecule has 1 aromatic carbocycles. The number of aryl methyl sites for hydroxylation is 1. The van der Waals surface area contributed by atoms with Crippen molar-refractivity contribution in [3.63, 3.8) is 0 Å². The van der Waals surface area contributed by atoms with Crippen molar-refractivity contribution >= 4 is 5.82 Å². The van der Waals surface area contributed by atoms with E-state index >= 15 is 0 Å². The molecular weight excluding hydrogens is 330 g/mol. The summed E-state index contributed by atoms with van der Waals surface area (Å²) < 4.78 is 12.6. The highest BCUT2D eigenvalue weighted by Crippen LogP contribution is 2.34. The summed E-state index contributed by atoms with van der Waals surface area (Å²) in [5.74, 6) is 3.10. The van der Waals surface area contributed by atoms with Gasteiger partial charge in [-0.1, -0.05) is 0 Å². The van der Waals surface area contributed by atoms with Crippen molar-refractivity contribution in [1.82, 2.24) is 20.0 Å². The predicted octanol–water partition coefficient (Wildman–Crippen LogP) is 2.55. The molecule has 0 saturated heterocycles. The largest absolute Gasteiger partial charge is 0.493 e. The summed E-state index contributed by atoms with van der Waals surface area (Å²) in [5.41, 5.74) is 3.46. The molecule has 0 radical (unpaired) electrons. The maximum absolute atomic E-state index is 5.43. The van der Waals surface area contributed by atoms with Crippen molar-refractivity contribution in [2.24, 2.45) is 0 Å². The summed E-state index contributed by atoms with van der Waals surface area (Å²) in [7, 11) is 3.32. The van der Waals surface area contributed by atoms with Gasteiger partial charge < -0.3 is 14.4 Å². The Morgan fingerprint density at radius 3 is 2.23 bits per heavy atom. The molecule has 0 spiro atoms. The predicted molar refractivity (Wildman–Crippen MR) is 98.2 cm³/mol. The highest BCUT2D eigenvalue weighted by Gasteiger charge is 2.20. The number of benzene rings is 1. The second-order valence-corrected chi connectivity index (χ2v) is 6.30. The van der Waals surface area contributed by atoms with Gasteiger partial charge >= 0.3 is 0 Å². The Morgan fingerprint density at radius 1 is 0.923 bits per heavy atom. The van der Waals surface area contributed by atoms with E-state index in [0.717, 1.165) is 42.5 Å². The van der Waals surface area contributed by atoms with Gasteiger partial charge in [0.25, 0.3) is 0 Å². The lowest BCUT2D eigenvalue weighted by Gasteiger charge is -2.30. The van der Waals surface area contributed by atoms with Crippen LogP contribution in [-0.2, 0) is 13.0 Å². The minimum atomic E-state index is 0.714. The minimum absolute atomic E-state index is 0.714. The number of fused-ring (bicyclic) bond motifs is 1. The third-order valence-electron chi connectivity index (χ3n) is 4.64. The van der Waals surface area contributed by atoms with Gasteiger partial charge in [0, 0.05) is 19.3 Å². The quantitative estimate of drug-likeness (QED) is 0.720. The average molecular weight is 351 g/mol. The number of nitrogens with zero attached hydrogens (tertiary/aromatic N) is 5. The molecule has 7 nitrogen and oxygen atoms in total. The van der Waals surface area contributed by atoms with E-state index in [1.54, 1.807) is 18.9 Å². The van der Waals surface area contributed by atoms with E-state index in [9.17, 15) is 0 Å². The van der Waals surface area contributed by atoms with Crippen LogP contribution in [0.1, 0.15) is 16.8 Å². The second-order valence-electron chi connectivity index (χ2n) is 6.30. The van der Waals surface area contributed by atoms with Gasteiger partial charge in [-0.3, -0.25) is 0 Å². The fraction of sp³-hybridized carbons (Fsp3) is 0.316. The molecule has 3 heterocycles. The van der Waals surface area contributed by atoms with Gasteiger partial charge in [-0.25, -0.2) is 4.68 Å². The highest BCUT2D eigenvalue weighted by atomic mass is 16.5. The number of hydrogen-bond acceptors (Lipinski definition) is 6. The van der Waals surface area contributed by atoms with E-state index < -0.39 is 0 Å². The van der Waals surface area contributed by atoms with Crippen LogP contribution in [0.5, 0.6) is 11.5 Å². The first-order chi connectivity index (χ1) is 12.7. The fourth-order valence-electron chi connectivity index (χ4n) is 3.23. The van der Waals surface area contributed by atoms with Crippen molar-refractivity contribution in [2.45, 2.75) is 19.9 Å². The minimum Gasteiger partial charge on any atom is -0.493 e. The number of rotatable bonds is 4. The third kappa shape index (κ3) is 2.96. The zero-order valence-electron chi connectivity index (χ0n) is 15.1. The fourth-order valence-corrected chi connectivity index (χ4v) is 3.23. The Bertz CT molecular complexity index is 920. The molecule has 0 fully saturated rings. The van der Waals surface area contributed by atoms with E-state index in [-0.39, 0.29) is 0 Å². The number of hydrogen-bond donors (Lipinski definition) is 0. The Hall–Kier alpha value is -3.09. The van der Waals surface area contributed by atoms with Gasteiger partial charge in [0.1, 0.15) is 0 Å². The van der Waals surface area contributed by atoms with Crippen LogP contribution in [0.15, 0.2) is 36.5 Å². The van der Waals surface area contributed by atoms with Crippen molar-refractivity contribution < 1.29 is 9.47 Å². The molecule has 4 rings (SSSR count). The molecule has 0 saturated carbocycles. The second kappa shape index (κ2) is 6.67. The Labute approximate surface area is 152 Å². The molecule has 1 aliphatic heterocycles. The van der Waals surface area contributed by atoms with Crippen LogP contribution in [0, 0.1) is 6.92 Å². The topological polar surface area (TPSA) is 65.3 Å². The van der Waals surface area contributed by atoms with Crippen LogP contribution in [0.2, 0.25) is 0 Å². The molecule has 1 aliphatic rings.